The number of halogens is 1. The largest absolute Gasteiger partial charge is 1.00 e. The smallest absolute Gasteiger partial charge is 0.303 e. The van der Waals surface area contributed by atoms with Crippen molar-refractivity contribution >= 4 is 5.97 Å². The highest BCUT2D eigenvalue weighted by atomic mass is 79.9. The van der Waals surface area contributed by atoms with E-state index in [1.807, 2.05) is 0 Å². The van der Waals surface area contributed by atoms with Crippen molar-refractivity contribution in [3.05, 3.63) is 12.7 Å². The summed E-state index contributed by atoms with van der Waals surface area (Å²) in [6, 6.07) is 0.663. The Morgan fingerprint density at radius 1 is 1.10 bits per heavy atom. The van der Waals surface area contributed by atoms with Crippen molar-refractivity contribution in [2.24, 2.45) is 34.5 Å². The molecule has 6 aliphatic rings. The molecule has 222 valence electrons. The second-order valence-corrected chi connectivity index (χ2v) is 14.6. The lowest BCUT2D eigenvalue weighted by Crippen LogP contribution is -3.00. The number of fused-ring (bicyclic) bond motifs is 5. The summed E-state index contributed by atoms with van der Waals surface area (Å²) in [5.74, 6) is 2.54. The molecule has 2 aliphatic heterocycles. The number of carbonyl (C=O) groups excluding carboxylic acids is 1. The summed E-state index contributed by atoms with van der Waals surface area (Å²) >= 11 is 0. The predicted molar refractivity (Wildman–Crippen MR) is 148 cm³/mol. The molecular weight excluding hydrogens is 556 g/mol. The molecule has 2 saturated heterocycles. The number of hydrogen-bond acceptors (Lipinski definition) is 5. The van der Waals surface area contributed by atoms with Crippen LogP contribution in [0, 0.1) is 34.5 Å². The molecule has 10 atom stereocenters. The quantitative estimate of drug-likeness (QED) is 0.291. The molecule has 4 aliphatic carbocycles. The highest BCUT2D eigenvalue weighted by molar-refractivity contribution is 5.66. The summed E-state index contributed by atoms with van der Waals surface area (Å²) in [7, 11) is 0. The molecule has 0 aromatic heterocycles. The van der Waals surface area contributed by atoms with Crippen LogP contribution in [0.2, 0.25) is 0 Å². The molecule has 2 heterocycles. The minimum Gasteiger partial charge on any atom is -1.00 e. The number of esters is 1. The van der Waals surface area contributed by atoms with Gasteiger partial charge in [-0.05, 0) is 73.7 Å². The van der Waals surface area contributed by atoms with Crippen LogP contribution < -0.4 is 17.0 Å². The van der Waals surface area contributed by atoms with Crippen LogP contribution in [0.15, 0.2) is 12.7 Å². The van der Waals surface area contributed by atoms with Gasteiger partial charge in [-0.3, -0.25) is 9.69 Å². The summed E-state index contributed by atoms with van der Waals surface area (Å²) in [5.41, 5.74) is 0.343. The summed E-state index contributed by atoms with van der Waals surface area (Å²) in [6.07, 6.45) is 12.7. The standard InChI is InChI=1S/C32H53N2O4.BrH/c1-5-14-34(15-6-7-16-34)28-20-26-24-9-8-23-19-29(36)27(33-12-17-37-18-13-33)21-32(23,4)25(24)10-11-31(26,3)30(28)38-22(2)35;/h5,23-30,36H,1,6-21H2,2-4H3;1H/q+1;/p-1/t23?,24-,25-,26+,27?,28?,29?,30?,31+,32+;/m1./s1. The third-order valence-corrected chi connectivity index (χ3v) is 13.1. The van der Waals surface area contributed by atoms with Gasteiger partial charge < -0.3 is 36.0 Å². The number of nitrogens with zero attached hydrogens (tertiary/aromatic N) is 2. The third kappa shape index (κ3) is 4.88. The Kier molecular flexibility index (Phi) is 8.70. The number of quaternary nitrogens is 1. The first-order valence-electron chi connectivity index (χ1n) is 15.9. The van der Waals surface area contributed by atoms with Crippen molar-refractivity contribution in [3.8, 4) is 0 Å². The molecule has 0 aromatic carbocycles. The molecule has 6 rings (SSSR count). The zero-order chi connectivity index (χ0) is 26.7. The molecule has 6 fully saturated rings. The Bertz CT molecular complexity index is 905. The Labute approximate surface area is 247 Å². The second-order valence-electron chi connectivity index (χ2n) is 14.6. The van der Waals surface area contributed by atoms with E-state index in [9.17, 15) is 9.90 Å². The molecule has 0 amide bonds. The van der Waals surface area contributed by atoms with Crippen LogP contribution in [0.5, 0.6) is 0 Å². The van der Waals surface area contributed by atoms with Crippen molar-refractivity contribution in [1.29, 1.82) is 0 Å². The van der Waals surface area contributed by atoms with Gasteiger partial charge in [-0.15, -0.1) is 0 Å². The van der Waals surface area contributed by atoms with Crippen LogP contribution in [-0.4, -0.2) is 90.7 Å². The number of aliphatic hydroxyl groups excluding tert-OH is 1. The third-order valence-electron chi connectivity index (χ3n) is 13.1. The molecule has 0 spiro atoms. The van der Waals surface area contributed by atoms with Gasteiger partial charge in [0, 0.05) is 50.7 Å². The van der Waals surface area contributed by atoms with Crippen LogP contribution in [-0.2, 0) is 14.3 Å². The van der Waals surface area contributed by atoms with E-state index in [1.165, 1.54) is 51.6 Å². The maximum atomic E-state index is 12.5. The Hall–Kier alpha value is -0.470. The number of carbonyl (C=O) groups is 1. The summed E-state index contributed by atoms with van der Waals surface area (Å²) in [4.78, 5) is 15.0. The number of morpholine rings is 1. The number of rotatable bonds is 5. The van der Waals surface area contributed by atoms with Gasteiger partial charge in [0.2, 0.25) is 0 Å². The van der Waals surface area contributed by atoms with E-state index in [4.69, 9.17) is 9.47 Å². The van der Waals surface area contributed by atoms with Gasteiger partial charge in [-0.2, -0.15) is 0 Å². The van der Waals surface area contributed by atoms with Crippen LogP contribution in [0.25, 0.3) is 0 Å². The van der Waals surface area contributed by atoms with Crippen LogP contribution in [0.1, 0.15) is 78.6 Å². The zero-order valence-electron chi connectivity index (χ0n) is 24.7. The first kappa shape index (κ1) is 30.0. The van der Waals surface area contributed by atoms with Crippen LogP contribution in [0.3, 0.4) is 0 Å². The lowest BCUT2D eigenvalue weighted by molar-refractivity contribution is -0.937. The molecule has 39 heavy (non-hydrogen) atoms. The SMILES string of the molecule is C=CC[N+]1(C2C[C@H]3[C@@H]4CCC5CC(O)C(N6CCOCC6)C[C@]5(C)[C@@H]4CC[C@]3(C)C2OC(C)=O)CCCC1.[Br-]. The minimum atomic E-state index is -0.209. The van der Waals surface area contributed by atoms with Gasteiger partial charge in [0.15, 0.2) is 6.10 Å². The van der Waals surface area contributed by atoms with Gasteiger partial charge in [-0.25, -0.2) is 0 Å². The Morgan fingerprint density at radius 2 is 1.82 bits per heavy atom. The highest BCUT2D eigenvalue weighted by Crippen LogP contribution is 2.67. The van der Waals surface area contributed by atoms with Crippen molar-refractivity contribution in [2.45, 2.75) is 103 Å². The van der Waals surface area contributed by atoms with Gasteiger partial charge in [0.05, 0.1) is 39.0 Å². The summed E-state index contributed by atoms with van der Waals surface area (Å²) in [6.45, 7) is 17.7. The first-order valence-corrected chi connectivity index (χ1v) is 15.9. The Balaban J connectivity index is 0.00000308. The van der Waals surface area contributed by atoms with Gasteiger partial charge in [0.1, 0.15) is 6.04 Å². The molecule has 7 heteroatoms. The lowest BCUT2D eigenvalue weighted by Gasteiger charge is -2.62. The molecule has 0 bridgehead atoms. The van der Waals surface area contributed by atoms with E-state index < -0.39 is 0 Å². The van der Waals surface area contributed by atoms with E-state index in [0.717, 1.165) is 56.6 Å². The van der Waals surface area contributed by atoms with Crippen molar-refractivity contribution < 1.29 is 40.8 Å². The fourth-order valence-corrected chi connectivity index (χ4v) is 11.3. The highest BCUT2D eigenvalue weighted by Gasteiger charge is 2.67. The van der Waals surface area contributed by atoms with Gasteiger partial charge in [-0.1, -0.05) is 20.4 Å². The molecule has 6 nitrogen and oxygen atoms in total. The molecular formula is C32H53BrN2O4. The number of ether oxygens (including phenoxy) is 2. The fourth-order valence-electron chi connectivity index (χ4n) is 11.3. The predicted octanol–water partition coefficient (Wildman–Crippen LogP) is 1.41. The monoisotopic (exact) mass is 608 g/mol. The molecule has 5 unspecified atom stereocenters. The topological polar surface area (TPSA) is 59.0 Å². The van der Waals surface area contributed by atoms with E-state index in [-0.39, 0.29) is 52.0 Å². The molecule has 4 saturated carbocycles. The van der Waals surface area contributed by atoms with E-state index in [1.54, 1.807) is 6.92 Å². The van der Waals surface area contributed by atoms with Crippen molar-refractivity contribution in [1.82, 2.24) is 4.90 Å². The Morgan fingerprint density at radius 3 is 2.49 bits per heavy atom. The van der Waals surface area contributed by atoms with Crippen molar-refractivity contribution in [2.75, 3.05) is 45.9 Å². The fraction of sp³-hybridized carbons (Fsp3) is 0.906. The second kappa shape index (κ2) is 11.3. The van der Waals surface area contributed by atoms with Gasteiger partial charge in [0.25, 0.3) is 0 Å². The summed E-state index contributed by atoms with van der Waals surface area (Å²) in [5, 5.41) is 11.3. The maximum Gasteiger partial charge on any atom is 0.303 e. The zero-order valence-corrected chi connectivity index (χ0v) is 26.2. The average Bonchev–Trinajstić information content (AvgIpc) is 3.48. The molecule has 0 radical (unpaired) electrons. The normalized spacial score (nSPS) is 47.3. The van der Waals surface area contributed by atoms with E-state index in [0.29, 0.717) is 29.7 Å². The van der Waals surface area contributed by atoms with Gasteiger partial charge >= 0.3 is 5.97 Å². The first-order chi connectivity index (χ1) is 18.2. The average molecular weight is 610 g/mol. The van der Waals surface area contributed by atoms with E-state index in [2.05, 4.69) is 31.4 Å². The van der Waals surface area contributed by atoms with Crippen LogP contribution in [0.4, 0.5) is 0 Å². The minimum absolute atomic E-state index is 0. The maximum absolute atomic E-state index is 12.5. The summed E-state index contributed by atoms with van der Waals surface area (Å²) < 4.78 is 13.1. The number of likely N-dealkylation sites (tertiary alicyclic amines) is 1. The van der Waals surface area contributed by atoms with Crippen molar-refractivity contribution in [3.63, 3.8) is 0 Å². The number of hydrogen-bond donors (Lipinski definition) is 1. The molecule has 1 N–H and O–H groups in total. The van der Waals surface area contributed by atoms with E-state index >= 15 is 0 Å². The number of aliphatic hydroxyl groups is 1. The molecule has 0 aromatic rings. The lowest BCUT2D eigenvalue weighted by atomic mass is 9.44. The van der Waals surface area contributed by atoms with Crippen LogP contribution >= 0.6 is 0 Å².